The molecule has 1 saturated carbocycles. The largest absolute Gasteiger partial charge is 0.461 e. The molecular formula is C14H27NO2. The summed E-state index contributed by atoms with van der Waals surface area (Å²) in [4.78, 5) is 11.6. The predicted molar refractivity (Wildman–Crippen MR) is 69.8 cm³/mol. The summed E-state index contributed by atoms with van der Waals surface area (Å²) < 4.78 is 5.50. The van der Waals surface area contributed by atoms with Gasteiger partial charge in [0, 0.05) is 0 Å². The average Bonchev–Trinajstić information content (AvgIpc) is 2.28. The molecule has 1 N–H and O–H groups in total. The van der Waals surface area contributed by atoms with Gasteiger partial charge in [-0.05, 0) is 37.6 Å². The van der Waals surface area contributed by atoms with Crippen LogP contribution in [0.15, 0.2) is 0 Å². The highest BCUT2D eigenvalue weighted by Crippen LogP contribution is 2.28. The Hall–Kier alpha value is -0.570. The van der Waals surface area contributed by atoms with Crippen LogP contribution in [0.5, 0.6) is 0 Å². The van der Waals surface area contributed by atoms with E-state index in [1.54, 1.807) is 0 Å². The lowest BCUT2D eigenvalue weighted by Crippen LogP contribution is -2.32. The van der Waals surface area contributed by atoms with Crippen LogP contribution in [0.1, 0.15) is 52.9 Å². The first kappa shape index (κ1) is 14.5. The van der Waals surface area contributed by atoms with Gasteiger partial charge in [0.25, 0.3) is 0 Å². The lowest BCUT2D eigenvalue weighted by atomic mass is 9.85. The minimum absolute atomic E-state index is 0.0904. The van der Waals surface area contributed by atoms with Gasteiger partial charge in [-0.1, -0.05) is 33.6 Å². The van der Waals surface area contributed by atoms with E-state index in [2.05, 4.69) is 26.1 Å². The molecule has 0 aliphatic heterocycles. The Bertz CT molecular complexity index is 228. The van der Waals surface area contributed by atoms with Gasteiger partial charge in [0.1, 0.15) is 6.10 Å². The summed E-state index contributed by atoms with van der Waals surface area (Å²) in [6.45, 7) is 7.71. The SMILES string of the molecule is CCC1CCCC(OC(=O)CNCC(C)C)C1. The fourth-order valence-electron chi connectivity index (χ4n) is 2.41. The van der Waals surface area contributed by atoms with Gasteiger partial charge in [-0.2, -0.15) is 0 Å². The average molecular weight is 241 g/mol. The molecule has 0 amide bonds. The third-order valence-corrected chi connectivity index (χ3v) is 3.43. The van der Waals surface area contributed by atoms with Crippen LogP contribution in [0.3, 0.4) is 0 Å². The van der Waals surface area contributed by atoms with Crippen molar-refractivity contribution in [2.24, 2.45) is 11.8 Å². The maximum absolute atomic E-state index is 11.6. The van der Waals surface area contributed by atoms with E-state index in [0.717, 1.165) is 25.3 Å². The summed E-state index contributed by atoms with van der Waals surface area (Å²) in [7, 11) is 0. The molecule has 0 radical (unpaired) electrons. The molecule has 0 bridgehead atoms. The van der Waals surface area contributed by atoms with Crippen LogP contribution in [-0.4, -0.2) is 25.2 Å². The molecule has 100 valence electrons. The minimum Gasteiger partial charge on any atom is -0.461 e. The summed E-state index contributed by atoms with van der Waals surface area (Å²) in [6, 6.07) is 0. The Morgan fingerprint density at radius 3 is 2.82 bits per heavy atom. The van der Waals surface area contributed by atoms with Crippen LogP contribution in [-0.2, 0) is 9.53 Å². The molecule has 0 saturated heterocycles. The quantitative estimate of drug-likeness (QED) is 0.727. The van der Waals surface area contributed by atoms with E-state index in [9.17, 15) is 4.79 Å². The van der Waals surface area contributed by atoms with Gasteiger partial charge in [0.2, 0.25) is 0 Å². The minimum atomic E-state index is -0.0904. The monoisotopic (exact) mass is 241 g/mol. The highest BCUT2D eigenvalue weighted by Gasteiger charge is 2.23. The van der Waals surface area contributed by atoms with Crippen molar-refractivity contribution in [2.45, 2.75) is 59.0 Å². The number of carbonyl (C=O) groups excluding carboxylic acids is 1. The van der Waals surface area contributed by atoms with Crippen molar-refractivity contribution >= 4 is 5.97 Å². The second-order valence-electron chi connectivity index (χ2n) is 5.58. The number of rotatable bonds is 6. The van der Waals surface area contributed by atoms with Crippen LogP contribution < -0.4 is 5.32 Å². The normalized spacial score (nSPS) is 24.9. The van der Waals surface area contributed by atoms with Gasteiger partial charge in [-0.15, -0.1) is 0 Å². The Kier molecular flexibility index (Phi) is 6.56. The number of nitrogens with one attached hydrogen (secondary N) is 1. The Morgan fingerprint density at radius 1 is 1.41 bits per heavy atom. The maximum Gasteiger partial charge on any atom is 0.320 e. The molecule has 0 spiro atoms. The summed E-state index contributed by atoms with van der Waals surface area (Å²) in [5.41, 5.74) is 0. The van der Waals surface area contributed by atoms with E-state index < -0.39 is 0 Å². The zero-order chi connectivity index (χ0) is 12.7. The van der Waals surface area contributed by atoms with E-state index in [1.807, 2.05) is 0 Å². The summed E-state index contributed by atoms with van der Waals surface area (Å²) in [6.07, 6.45) is 5.99. The van der Waals surface area contributed by atoms with E-state index in [0.29, 0.717) is 12.5 Å². The first-order valence-electron chi connectivity index (χ1n) is 7.02. The molecule has 1 aliphatic rings. The molecule has 3 nitrogen and oxygen atoms in total. The van der Waals surface area contributed by atoms with Gasteiger partial charge in [0.15, 0.2) is 0 Å². The lowest BCUT2D eigenvalue weighted by Gasteiger charge is -2.28. The number of hydrogen-bond donors (Lipinski definition) is 1. The van der Waals surface area contributed by atoms with Crippen LogP contribution in [0.4, 0.5) is 0 Å². The third-order valence-electron chi connectivity index (χ3n) is 3.43. The molecule has 0 aromatic rings. The first-order valence-corrected chi connectivity index (χ1v) is 7.02. The number of esters is 1. The fourth-order valence-corrected chi connectivity index (χ4v) is 2.41. The van der Waals surface area contributed by atoms with Gasteiger partial charge >= 0.3 is 5.97 Å². The number of carbonyl (C=O) groups is 1. The number of ether oxygens (including phenoxy) is 1. The standard InChI is InChI=1S/C14H27NO2/c1-4-12-6-5-7-13(8-12)17-14(16)10-15-9-11(2)3/h11-13,15H,4-10H2,1-3H3. The summed E-state index contributed by atoms with van der Waals surface area (Å²) >= 11 is 0. The molecule has 0 aromatic carbocycles. The van der Waals surface area contributed by atoms with Crippen molar-refractivity contribution in [1.82, 2.24) is 5.32 Å². The van der Waals surface area contributed by atoms with Crippen LogP contribution in [0.25, 0.3) is 0 Å². The predicted octanol–water partition coefficient (Wildman–Crippen LogP) is 2.74. The van der Waals surface area contributed by atoms with E-state index in [4.69, 9.17) is 4.74 Å². The topological polar surface area (TPSA) is 38.3 Å². The zero-order valence-electron chi connectivity index (χ0n) is 11.5. The fraction of sp³-hybridized carbons (Fsp3) is 0.929. The second kappa shape index (κ2) is 7.70. The lowest BCUT2D eigenvalue weighted by molar-refractivity contribution is -0.150. The van der Waals surface area contributed by atoms with E-state index in [-0.39, 0.29) is 12.1 Å². The van der Waals surface area contributed by atoms with Gasteiger partial charge in [0.05, 0.1) is 6.54 Å². The first-order chi connectivity index (χ1) is 8.11. The summed E-state index contributed by atoms with van der Waals surface area (Å²) in [5, 5.41) is 3.12. The van der Waals surface area contributed by atoms with E-state index in [1.165, 1.54) is 19.3 Å². The number of hydrogen-bond acceptors (Lipinski definition) is 3. The highest BCUT2D eigenvalue weighted by atomic mass is 16.5. The Labute approximate surface area is 105 Å². The third kappa shape index (κ3) is 6.06. The molecule has 1 fully saturated rings. The van der Waals surface area contributed by atoms with Crippen molar-refractivity contribution in [1.29, 1.82) is 0 Å². The zero-order valence-corrected chi connectivity index (χ0v) is 11.5. The van der Waals surface area contributed by atoms with Crippen molar-refractivity contribution in [2.75, 3.05) is 13.1 Å². The molecule has 17 heavy (non-hydrogen) atoms. The van der Waals surface area contributed by atoms with Crippen molar-refractivity contribution in [3.05, 3.63) is 0 Å². The summed E-state index contributed by atoms with van der Waals surface area (Å²) in [5.74, 6) is 1.24. The van der Waals surface area contributed by atoms with E-state index >= 15 is 0 Å². The molecule has 2 unspecified atom stereocenters. The van der Waals surface area contributed by atoms with Crippen LogP contribution in [0.2, 0.25) is 0 Å². The van der Waals surface area contributed by atoms with Crippen molar-refractivity contribution < 1.29 is 9.53 Å². The molecular weight excluding hydrogens is 214 g/mol. The highest BCUT2D eigenvalue weighted by molar-refractivity contribution is 5.71. The van der Waals surface area contributed by atoms with Gasteiger partial charge < -0.3 is 10.1 Å². The maximum atomic E-state index is 11.6. The molecule has 1 aliphatic carbocycles. The van der Waals surface area contributed by atoms with Crippen LogP contribution >= 0.6 is 0 Å². The molecule has 3 heteroatoms. The molecule has 0 heterocycles. The van der Waals surface area contributed by atoms with Crippen LogP contribution in [0, 0.1) is 11.8 Å². The second-order valence-corrected chi connectivity index (χ2v) is 5.58. The molecule has 1 rings (SSSR count). The van der Waals surface area contributed by atoms with Crippen molar-refractivity contribution in [3.63, 3.8) is 0 Å². The van der Waals surface area contributed by atoms with Crippen molar-refractivity contribution in [3.8, 4) is 0 Å². The molecule has 0 aromatic heterocycles. The Balaban J connectivity index is 2.17. The smallest absolute Gasteiger partial charge is 0.320 e. The van der Waals surface area contributed by atoms with Gasteiger partial charge in [-0.3, -0.25) is 4.79 Å². The van der Waals surface area contributed by atoms with Gasteiger partial charge in [-0.25, -0.2) is 0 Å². The molecule has 2 atom stereocenters. The Morgan fingerprint density at radius 2 is 2.18 bits per heavy atom.